The zero-order valence-electron chi connectivity index (χ0n) is 17.1. The van der Waals surface area contributed by atoms with Gasteiger partial charge < -0.3 is 9.64 Å². The van der Waals surface area contributed by atoms with E-state index in [0.29, 0.717) is 0 Å². The number of piperidine rings is 1. The molecule has 5 rings (SSSR count). The van der Waals surface area contributed by atoms with Gasteiger partial charge in [-0.3, -0.25) is 0 Å². The molecule has 0 radical (unpaired) electrons. The normalized spacial score (nSPS) is 23.7. The summed E-state index contributed by atoms with van der Waals surface area (Å²) in [4.78, 5) is 7.50. The molecule has 5 heteroatoms. The van der Waals surface area contributed by atoms with Crippen LogP contribution in [0.2, 0.25) is 13.1 Å². The van der Waals surface area contributed by atoms with Gasteiger partial charge in [0.15, 0.2) is 5.71 Å². The lowest BCUT2D eigenvalue weighted by molar-refractivity contribution is -0.535. The number of hydrogen-bond donors (Lipinski definition) is 0. The molecule has 2 fully saturated rings. The quantitative estimate of drug-likeness (QED) is 0.417. The van der Waals surface area contributed by atoms with E-state index in [2.05, 4.69) is 59.0 Å². The third-order valence-corrected chi connectivity index (χ3v) is 10.1. The highest BCUT2D eigenvalue weighted by Gasteiger charge is 2.38. The molecule has 146 valence electrons. The minimum absolute atomic E-state index is 0.824. The number of benzene rings is 1. The largest absolute Gasteiger partial charge is 0.378 e. The summed E-state index contributed by atoms with van der Waals surface area (Å²) in [5.74, 6) is 0. The number of morpholine rings is 1. The Balaban J connectivity index is 1.55. The van der Waals surface area contributed by atoms with Gasteiger partial charge in [-0.2, -0.15) is 0 Å². The molecule has 0 aromatic heterocycles. The van der Waals surface area contributed by atoms with Gasteiger partial charge >= 0.3 is 0 Å². The summed E-state index contributed by atoms with van der Waals surface area (Å²) in [6, 6.07) is 6.90. The number of ether oxygens (including phenoxy) is 1. The van der Waals surface area contributed by atoms with E-state index in [-0.39, 0.29) is 0 Å². The van der Waals surface area contributed by atoms with E-state index in [1.165, 1.54) is 65.5 Å². The Kier molecular flexibility index (Phi) is 4.60. The Morgan fingerprint density at radius 1 is 1.04 bits per heavy atom. The van der Waals surface area contributed by atoms with E-state index in [1.807, 2.05) is 0 Å². The zero-order chi connectivity index (χ0) is 19.1. The van der Waals surface area contributed by atoms with E-state index in [0.717, 1.165) is 26.3 Å². The molecule has 0 amide bonds. The Hall–Kier alpha value is -1.98. The van der Waals surface area contributed by atoms with Gasteiger partial charge in [0.25, 0.3) is 0 Å². The standard InChI is InChI=1S/C23H30N3OSi/c1-28(2)22-16-18(25-10-4-3-5-11-25)6-8-20(22)24-21-9-7-19(17-23(21)28)26-12-14-27-15-13-26/h6-9,16-17H,3-5,10-15H2,1-2H3/q+1. The van der Waals surface area contributed by atoms with Crippen LogP contribution in [0.4, 0.5) is 11.4 Å². The van der Waals surface area contributed by atoms with Crippen LogP contribution in [0.25, 0.3) is 0 Å². The molecule has 1 aromatic carbocycles. The summed E-state index contributed by atoms with van der Waals surface area (Å²) in [6.45, 7) is 11.0. The fourth-order valence-corrected chi connectivity index (χ4v) is 7.75. The van der Waals surface area contributed by atoms with E-state index < -0.39 is 8.07 Å². The molecule has 2 saturated heterocycles. The van der Waals surface area contributed by atoms with Crippen molar-refractivity contribution >= 4 is 36.1 Å². The number of rotatable bonds is 1. The van der Waals surface area contributed by atoms with Crippen molar-refractivity contribution in [2.24, 2.45) is 4.99 Å². The van der Waals surface area contributed by atoms with E-state index in [9.17, 15) is 0 Å². The van der Waals surface area contributed by atoms with Crippen molar-refractivity contribution in [1.82, 2.24) is 0 Å². The van der Waals surface area contributed by atoms with Gasteiger partial charge in [-0.1, -0.05) is 13.1 Å². The number of anilines is 1. The molecule has 3 aliphatic heterocycles. The first-order chi connectivity index (χ1) is 13.6. The van der Waals surface area contributed by atoms with Crippen LogP contribution in [-0.4, -0.2) is 63.5 Å². The Labute approximate surface area is 168 Å². The predicted octanol–water partition coefficient (Wildman–Crippen LogP) is 3.20. The minimum Gasteiger partial charge on any atom is -0.378 e. The molecule has 0 spiro atoms. The van der Waals surface area contributed by atoms with Crippen molar-refractivity contribution in [3.05, 3.63) is 41.6 Å². The number of aliphatic imine (C=N–C) groups is 1. The van der Waals surface area contributed by atoms with Crippen molar-refractivity contribution in [1.29, 1.82) is 0 Å². The van der Waals surface area contributed by atoms with Crippen LogP contribution in [0.5, 0.6) is 0 Å². The zero-order valence-corrected chi connectivity index (χ0v) is 18.1. The number of nitrogens with zero attached hydrogens (tertiary/aromatic N) is 3. The van der Waals surface area contributed by atoms with Crippen molar-refractivity contribution in [2.45, 2.75) is 32.4 Å². The van der Waals surface area contributed by atoms with Crippen LogP contribution in [0.3, 0.4) is 0 Å². The minimum atomic E-state index is -1.80. The van der Waals surface area contributed by atoms with Gasteiger partial charge in [0.2, 0.25) is 0 Å². The molecule has 1 aromatic rings. The maximum atomic E-state index is 5.54. The highest BCUT2D eigenvalue weighted by molar-refractivity contribution is 7.01. The van der Waals surface area contributed by atoms with Crippen LogP contribution in [0.1, 0.15) is 19.3 Å². The second kappa shape index (κ2) is 7.12. The monoisotopic (exact) mass is 392 g/mol. The van der Waals surface area contributed by atoms with E-state index >= 15 is 0 Å². The van der Waals surface area contributed by atoms with E-state index in [1.54, 1.807) is 0 Å². The second-order valence-electron chi connectivity index (χ2n) is 8.79. The van der Waals surface area contributed by atoms with Gasteiger partial charge in [-0.15, -0.1) is 0 Å². The molecule has 0 N–H and O–H groups in total. The first-order valence-corrected chi connectivity index (χ1v) is 13.7. The molecule has 28 heavy (non-hydrogen) atoms. The molecule has 4 aliphatic rings. The average molecular weight is 393 g/mol. The van der Waals surface area contributed by atoms with Crippen LogP contribution < -0.4 is 10.1 Å². The summed E-state index contributed by atoms with van der Waals surface area (Å²) in [5, 5.41) is 2.96. The number of hydrogen-bond acceptors (Lipinski definition) is 3. The van der Waals surface area contributed by atoms with Gasteiger partial charge in [-0.25, -0.2) is 9.57 Å². The fraction of sp³-hybridized carbons (Fsp3) is 0.478. The molecule has 0 atom stereocenters. The molecule has 1 aliphatic carbocycles. The van der Waals surface area contributed by atoms with Crippen LogP contribution >= 0.6 is 0 Å². The lowest BCUT2D eigenvalue weighted by Crippen LogP contribution is -2.50. The van der Waals surface area contributed by atoms with Crippen molar-refractivity contribution in [3.8, 4) is 0 Å². The molecule has 3 heterocycles. The third-order valence-electron chi connectivity index (χ3n) is 6.65. The van der Waals surface area contributed by atoms with Crippen molar-refractivity contribution < 1.29 is 9.31 Å². The van der Waals surface area contributed by atoms with Crippen molar-refractivity contribution in [2.75, 3.05) is 44.3 Å². The predicted molar refractivity (Wildman–Crippen MR) is 120 cm³/mol. The van der Waals surface area contributed by atoms with Crippen molar-refractivity contribution in [3.63, 3.8) is 0 Å². The Bertz CT molecular complexity index is 912. The van der Waals surface area contributed by atoms with Gasteiger partial charge in [0.05, 0.1) is 24.6 Å². The lowest BCUT2D eigenvalue weighted by atomic mass is 10.1. The van der Waals surface area contributed by atoms with Gasteiger partial charge in [0, 0.05) is 43.8 Å². The van der Waals surface area contributed by atoms with Gasteiger partial charge in [-0.05, 0) is 41.1 Å². The molecular formula is C23H30N3OSi+. The van der Waals surface area contributed by atoms with Crippen LogP contribution in [-0.2, 0) is 4.74 Å². The first kappa shape index (κ1) is 18.1. The molecule has 0 unspecified atom stereocenters. The molecule has 0 saturated carbocycles. The Morgan fingerprint density at radius 3 is 2.61 bits per heavy atom. The maximum absolute atomic E-state index is 5.54. The summed E-state index contributed by atoms with van der Waals surface area (Å²) in [6.07, 6.45) is 11.0. The highest BCUT2D eigenvalue weighted by atomic mass is 28.3. The SMILES string of the molecule is C[Si]1(C)C2=CC(=[N+]3CCCCC3)C=CC2=Nc2ccc(N3CCOCC3)cc21. The topological polar surface area (TPSA) is 27.8 Å². The summed E-state index contributed by atoms with van der Waals surface area (Å²) >= 11 is 0. The van der Waals surface area contributed by atoms with E-state index in [4.69, 9.17) is 9.73 Å². The molecule has 0 bridgehead atoms. The van der Waals surface area contributed by atoms with Gasteiger partial charge in [0.1, 0.15) is 21.2 Å². The average Bonchev–Trinajstić information content (AvgIpc) is 2.75. The third kappa shape index (κ3) is 3.10. The summed E-state index contributed by atoms with van der Waals surface area (Å²) < 4.78 is 8.10. The van der Waals surface area contributed by atoms with Crippen LogP contribution in [0, 0.1) is 0 Å². The second-order valence-corrected chi connectivity index (χ2v) is 13.1. The Morgan fingerprint density at radius 2 is 1.82 bits per heavy atom. The fourth-order valence-electron chi connectivity index (χ4n) is 4.89. The number of allylic oxidation sites excluding steroid dienone is 4. The number of fused-ring (bicyclic) bond motifs is 2. The maximum Gasteiger partial charge on any atom is 0.199 e. The van der Waals surface area contributed by atoms with Crippen LogP contribution in [0.15, 0.2) is 46.6 Å². The smallest absolute Gasteiger partial charge is 0.199 e. The summed E-state index contributed by atoms with van der Waals surface area (Å²) in [7, 11) is -1.80. The highest BCUT2D eigenvalue weighted by Crippen LogP contribution is 2.32. The first-order valence-electron chi connectivity index (χ1n) is 10.7. The summed E-state index contributed by atoms with van der Waals surface area (Å²) in [5.41, 5.74) is 5.08. The molecule has 4 nitrogen and oxygen atoms in total. The lowest BCUT2D eigenvalue weighted by Gasteiger charge is -2.35. The molecular weight excluding hydrogens is 362 g/mol.